The molecule has 0 aliphatic carbocycles. The van der Waals surface area contributed by atoms with E-state index in [4.69, 9.17) is 14.2 Å². The maximum Gasteiger partial charge on any atom is 0.184 e. The molecule has 1 saturated heterocycles. The maximum atomic E-state index is 5.94. The second-order valence-corrected chi connectivity index (χ2v) is 5.13. The molecule has 1 aliphatic rings. The molecule has 0 aromatic heterocycles. The number of methoxy groups -OCH3 is 1. The normalized spacial score (nSPS) is 27.8. The van der Waals surface area contributed by atoms with E-state index in [1.165, 1.54) is 0 Å². The lowest BCUT2D eigenvalue weighted by Crippen LogP contribution is -2.38. The van der Waals surface area contributed by atoms with Crippen LogP contribution in [-0.4, -0.2) is 18.8 Å². The molecule has 1 fully saturated rings. The van der Waals surface area contributed by atoms with Crippen molar-refractivity contribution in [1.29, 1.82) is 0 Å². The topological polar surface area (TPSA) is 27.7 Å². The van der Waals surface area contributed by atoms with E-state index < -0.39 is 0 Å². The highest BCUT2D eigenvalue weighted by atomic mass is 16.7. The number of ether oxygens (including phenoxy) is 3. The van der Waals surface area contributed by atoms with Gasteiger partial charge in [-0.15, -0.1) is 0 Å². The van der Waals surface area contributed by atoms with Gasteiger partial charge >= 0.3 is 0 Å². The summed E-state index contributed by atoms with van der Waals surface area (Å²) in [6.07, 6.45) is 0.852. The van der Waals surface area contributed by atoms with Gasteiger partial charge in [-0.3, -0.25) is 0 Å². The average Bonchev–Trinajstić information content (AvgIpc) is 2.26. The fourth-order valence-corrected chi connectivity index (χ4v) is 2.22. The number of hydrogen-bond donors (Lipinski definition) is 0. The number of rotatable bonds is 2. The van der Waals surface area contributed by atoms with Crippen LogP contribution < -0.4 is 4.74 Å². The van der Waals surface area contributed by atoms with Gasteiger partial charge in [-0.1, -0.05) is 12.1 Å². The molecule has 3 heteroatoms. The van der Waals surface area contributed by atoms with E-state index in [1.54, 1.807) is 7.11 Å². The molecule has 0 spiro atoms. The Morgan fingerprint density at radius 1 is 1.24 bits per heavy atom. The lowest BCUT2D eigenvalue weighted by atomic mass is 9.99. The van der Waals surface area contributed by atoms with Crippen molar-refractivity contribution in [3.05, 3.63) is 29.8 Å². The van der Waals surface area contributed by atoms with Crippen LogP contribution in [0.5, 0.6) is 5.75 Å². The fraction of sp³-hybridized carbons (Fsp3) is 0.571. The van der Waals surface area contributed by atoms with Crippen LogP contribution in [0.2, 0.25) is 0 Å². The molecule has 1 aliphatic heterocycles. The van der Waals surface area contributed by atoms with Gasteiger partial charge in [0.1, 0.15) is 5.75 Å². The van der Waals surface area contributed by atoms with E-state index in [1.807, 2.05) is 24.3 Å². The molecule has 3 nitrogen and oxygen atoms in total. The summed E-state index contributed by atoms with van der Waals surface area (Å²) in [6.45, 7) is 6.28. The third-order valence-electron chi connectivity index (χ3n) is 2.95. The van der Waals surface area contributed by atoms with Gasteiger partial charge in [0, 0.05) is 12.0 Å². The highest BCUT2D eigenvalue weighted by Gasteiger charge is 2.34. The highest BCUT2D eigenvalue weighted by molar-refractivity contribution is 5.28. The Morgan fingerprint density at radius 3 is 2.41 bits per heavy atom. The number of benzene rings is 1. The first-order chi connectivity index (χ1) is 8.00. The van der Waals surface area contributed by atoms with Gasteiger partial charge in [0.05, 0.1) is 18.8 Å². The van der Waals surface area contributed by atoms with Crippen molar-refractivity contribution in [2.75, 3.05) is 7.11 Å². The van der Waals surface area contributed by atoms with Gasteiger partial charge in [-0.05, 0) is 32.9 Å². The van der Waals surface area contributed by atoms with Crippen LogP contribution >= 0.6 is 0 Å². The van der Waals surface area contributed by atoms with Crippen molar-refractivity contribution in [2.24, 2.45) is 0 Å². The van der Waals surface area contributed by atoms with E-state index in [-0.39, 0.29) is 18.0 Å². The molecular formula is C14H20O3. The molecule has 2 atom stereocenters. The molecule has 17 heavy (non-hydrogen) atoms. The van der Waals surface area contributed by atoms with Gasteiger partial charge in [-0.25, -0.2) is 0 Å². The largest absolute Gasteiger partial charge is 0.497 e. The van der Waals surface area contributed by atoms with Gasteiger partial charge < -0.3 is 14.2 Å². The maximum absolute atomic E-state index is 5.94. The molecule has 0 unspecified atom stereocenters. The first-order valence-electron chi connectivity index (χ1n) is 5.97. The predicted molar refractivity (Wildman–Crippen MR) is 66.1 cm³/mol. The van der Waals surface area contributed by atoms with Crippen molar-refractivity contribution < 1.29 is 14.2 Å². The molecule has 0 amide bonds. The Bertz CT molecular complexity index is 370. The molecule has 0 saturated carbocycles. The SMILES string of the molecule is COc1ccc([C@@H]2O[C@@H](C)CC(C)(C)O2)cc1. The quantitative estimate of drug-likeness (QED) is 0.788. The van der Waals surface area contributed by atoms with E-state index >= 15 is 0 Å². The first kappa shape index (κ1) is 12.4. The van der Waals surface area contributed by atoms with Crippen molar-refractivity contribution in [3.8, 4) is 5.75 Å². The monoisotopic (exact) mass is 236 g/mol. The fourth-order valence-electron chi connectivity index (χ4n) is 2.22. The van der Waals surface area contributed by atoms with Crippen LogP contribution in [0, 0.1) is 0 Å². The molecule has 0 bridgehead atoms. The van der Waals surface area contributed by atoms with Crippen molar-refractivity contribution in [1.82, 2.24) is 0 Å². The Labute approximate surface area is 103 Å². The van der Waals surface area contributed by atoms with Crippen LogP contribution in [-0.2, 0) is 9.47 Å². The zero-order chi connectivity index (χ0) is 12.5. The van der Waals surface area contributed by atoms with Crippen LogP contribution in [0.4, 0.5) is 0 Å². The summed E-state index contributed by atoms with van der Waals surface area (Å²) < 4.78 is 16.9. The summed E-state index contributed by atoms with van der Waals surface area (Å²) in [4.78, 5) is 0. The smallest absolute Gasteiger partial charge is 0.184 e. The molecule has 0 radical (unpaired) electrons. The van der Waals surface area contributed by atoms with E-state index in [0.29, 0.717) is 0 Å². The summed E-state index contributed by atoms with van der Waals surface area (Å²) in [6, 6.07) is 7.82. The second kappa shape index (κ2) is 4.67. The van der Waals surface area contributed by atoms with Crippen LogP contribution in [0.25, 0.3) is 0 Å². The average molecular weight is 236 g/mol. The molecule has 0 N–H and O–H groups in total. The molecule has 1 aromatic carbocycles. The molecular weight excluding hydrogens is 216 g/mol. The lowest BCUT2D eigenvalue weighted by Gasteiger charge is -2.39. The highest BCUT2D eigenvalue weighted by Crippen LogP contribution is 2.35. The van der Waals surface area contributed by atoms with Crippen molar-refractivity contribution in [2.45, 2.75) is 45.2 Å². The van der Waals surface area contributed by atoms with Crippen LogP contribution in [0.15, 0.2) is 24.3 Å². The Kier molecular flexibility index (Phi) is 3.40. The van der Waals surface area contributed by atoms with Gasteiger partial charge in [0.15, 0.2) is 6.29 Å². The Balaban J connectivity index is 2.15. The van der Waals surface area contributed by atoms with Crippen molar-refractivity contribution in [3.63, 3.8) is 0 Å². The van der Waals surface area contributed by atoms with Crippen LogP contribution in [0.1, 0.15) is 39.0 Å². The second-order valence-electron chi connectivity index (χ2n) is 5.13. The summed E-state index contributed by atoms with van der Waals surface area (Å²) >= 11 is 0. The third kappa shape index (κ3) is 2.99. The Hall–Kier alpha value is -1.06. The first-order valence-corrected chi connectivity index (χ1v) is 5.97. The van der Waals surface area contributed by atoms with Crippen molar-refractivity contribution >= 4 is 0 Å². The minimum absolute atomic E-state index is 0.137. The molecule has 94 valence electrons. The minimum Gasteiger partial charge on any atom is -0.497 e. The molecule has 1 aromatic rings. The van der Waals surface area contributed by atoms with E-state index in [0.717, 1.165) is 17.7 Å². The summed E-state index contributed by atoms with van der Waals surface area (Å²) in [5.74, 6) is 0.844. The van der Waals surface area contributed by atoms with Crippen LogP contribution in [0.3, 0.4) is 0 Å². The zero-order valence-electron chi connectivity index (χ0n) is 10.9. The minimum atomic E-state index is -0.278. The molecule has 2 rings (SSSR count). The zero-order valence-corrected chi connectivity index (χ0v) is 10.9. The van der Waals surface area contributed by atoms with Gasteiger partial charge in [-0.2, -0.15) is 0 Å². The van der Waals surface area contributed by atoms with E-state index in [9.17, 15) is 0 Å². The van der Waals surface area contributed by atoms with Gasteiger partial charge in [0.25, 0.3) is 0 Å². The van der Waals surface area contributed by atoms with E-state index in [2.05, 4.69) is 20.8 Å². The van der Waals surface area contributed by atoms with Gasteiger partial charge in [0.2, 0.25) is 0 Å². The summed E-state index contributed by atoms with van der Waals surface area (Å²) in [5.41, 5.74) is 0.896. The Morgan fingerprint density at radius 2 is 1.88 bits per heavy atom. The standard InChI is InChI=1S/C14H20O3/c1-10-9-14(2,3)17-13(16-10)11-5-7-12(15-4)8-6-11/h5-8,10,13H,9H2,1-4H3/t10-,13+/m0/s1. The molecule has 1 heterocycles. The predicted octanol–water partition coefficient (Wildman–Crippen LogP) is 3.30. The number of hydrogen-bond acceptors (Lipinski definition) is 3. The summed E-state index contributed by atoms with van der Waals surface area (Å²) in [5, 5.41) is 0. The third-order valence-corrected chi connectivity index (χ3v) is 2.95. The summed E-state index contributed by atoms with van der Waals surface area (Å²) in [7, 11) is 1.66. The lowest BCUT2D eigenvalue weighted by molar-refractivity contribution is -0.273.